The van der Waals surface area contributed by atoms with Crippen molar-refractivity contribution in [1.29, 1.82) is 0 Å². The summed E-state index contributed by atoms with van der Waals surface area (Å²) in [4.78, 5) is 4.54. The van der Waals surface area contributed by atoms with E-state index in [4.69, 9.17) is 5.84 Å². The molecule has 16 heavy (non-hydrogen) atoms. The molecule has 0 radical (unpaired) electrons. The molecule has 0 amide bonds. The summed E-state index contributed by atoms with van der Waals surface area (Å²) in [6, 6.07) is 0.577. The molecule has 1 saturated heterocycles. The van der Waals surface area contributed by atoms with Crippen LogP contribution in [0.15, 0.2) is 4.99 Å². The lowest BCUT2D eigenvalue weighted by atomic mass is 10.1. The Balaban J connectivity index is 1.75. The zero-order chi connectivity index (χ0) is 11.2. The molecule has 1 heterocycles. The van der Waals surface area contributed by atoms with Crippen LogP contribution in [0.3, 0.4) is 0 Å². The van der Waals surface area contributed by atoms with E-state index in [1.165, 1.54) is 43.6 Å². The number of guanidine groups is 1. The van der Waals surface area contributed by atoms with Crippen molar-refractivity contribution >= 4 is 17.7 Å². The number of rotatable bonds is 3. The third-order valence-corrected chi connectivity index (χ3v) is 4.60. The lowest BCUT2D eigenvalue weighted by molar-refractivity contribution is 0.589. The average Bonchev–Trinajstić information content (AvgIpc) is 2.97. The molecule has 2 rings (SSSR count). The van der Waals surface area contributed by atoms with E-state index in [0.29, 0.717) is 6.04 Å². The second-order valence-electron chi connectivity index (χ2n) is 4.69. The van der Waals surface area contributed by atoms with Crippen molar-refractivity contribution in [2.45, 2.75) is 38.1 Å². The predicted molar refractivity (Wildman–Crippen MR) is 70.4 cm³/mol. The lowest BCUT2D eigenvalue weighted by Gasteiger charge is -2.15. The molecule has 0 spiro atoms. The quantitative estimate of drug-likeness (QED) is 0.300. The van der Waals surface area contributed by atoms with Crippen molar-refractivity contribution in [3.8, 4) is 0 Å². The van der Waals surface area contributed by atoms with E-state index < -0.39 is 0 Å². The molecule has 1 saturated carbocycles. The van der Waals surface area contributed by atoms with Gasteiger partial charge in [-0.2, -0.15) is 11.8 Å². The first-order valence-corrected chi connectivity index (χ1v) is 7.39. The zero-order valence-electron chi connectivity index (χ0n) is 9.74. The molecule has 4 N–H and O–H groups in total. The molecule has 5 heteroatoms. The number of hydrogen-bond donors (Lipinski definition) is 3. The highest BCUT2D eigenvalue weighted by atomic mass is 32.2. The van der Waals surface area contributed by atoms with Gasteiger partial charge in [-0.05, 0) is 36.7 Å². The Morgan fingerprint density at radius 3 is 2.75 bits per heavy atom. The van der Waals surface area contributed by atoms with Gasteiger partial charge in [-0.1, -0.05) is 12.8 Å². The van der Waals surface area contributed by atoms with Crippen LogP contribution in [0.25, 0.3) is 0 Å². The van der Waals surface area contributed by atoms with Gasteiger partial charge in [-0.3, -0.25) is 10.4 Å². The minimum absolute atomic E-state index is 0.577. The van der Waals surface area contributed by atoms with Gasteiger partial charge in [0.05, 0.1) is 0 Å². The minimum atomic E-state index is 0.577. The van der Waals surface area contributed by atoms with Crippen molar-refractivity contribution in [3.63, 3.8) is 0 Å². The van der Waals surface area contributed by atoms with Crippen LogP contribution in [0.1, 0.15) is 32.1 Å². The van der Waals surface area contributed by atoms with Crippen molar-refractivity contribution in [3.05, 3.63) is 0 Å². The molecular weight excluding hydrogens is 220 g/mol. The smallest absolute Gasteiger partial charge is 0.205 e. The van der Waals surface area contributed by atoms with Crippen molar-refractivity contribution in [1.82, 2.24) is 10.7 Å². The zero-order valence-corrected chi connectivity index (χ0v) is 10.6. The fraction of sp³-hybridized carbons (Fsp3) is 0.909. The van der Waals surface area contributed by atoms with Crippen LogP contribution in [-0.4, -0.2) is 30.1 Å². The maximum absolute atomic E-state index is 5.49. The largest absolute Gasteiger partial charge is 0.353 e. The van der Waals surface area contributed by atoms with Gasteiger partial charge in [0.15, 0.2) is 0 Å². The van der Waals surface area contributed by atoms with Crippen LogP contribution in [0.5, 0.6) is 0 Å². The molecule has 0 bridgehead atoms. The Bertz CT molecular complexity index is 232. The maximum Gasteiger partial charge on any atom is 0.205 e. The molecule has 1 atom stereocenters. The number of nitrogens with two attached hydrogens (primary N) is 1. The van der Waals surface area contributed by atoms with Gasteiger partial charge in [0, 0.05) is 12.6 Å². The Labute approximate surface area is 102 Å². The van der Waals surface area contributed by atoms with Crippen LogP contribution in [0.2, 0.25) is 0 Å². The van der Waals surface area contributed by atoms with Crippen LogP contribution < -0.4 is 16.6 Å². The van der Waals surface area contributed by atoms with E-state index in [9.17, 15) is 0 Å². The highest BCUT2D eigenvalue weighted by Crippen LogP contribution is 2.23. The van der Waals surface area contributed by atoms with Crippen LogP contribution >= 0.6 is 11.8 Å². The molecule has 92 valence electrons. The van der Waals surface area contributed by atoms with Gasteiger partial charge in [0.2, 0.25) is 5.96 Å². The van der Waals surface area contributed by atoms with Gasteiger partial charge in [0.1, 0.15) is 0 Å². The summed E-state index contributed by atoms with van der Waals surface area (Å²) in [5, 5.41) is 3.40. The van der Waals surface area contributed by atoms with E-state index in [1.54, 1.807) is 0 Å². The van der Waals surface area contributed by atoms with Gasteiger partial charge in [0.25, 0.3) is 0 Å². The third-order valence-electron chi connectivity index (χ3n) is 3.36. The number of nitrogens with one attached hydrogen (secondary N) is 2. The van der Waals surface area contributed by atoms with E-state index in [1.807, 2.05) is 11.8 Å². The summed E-state index contributed by atoms with van der Waals surface area (Å²) in [6.45, 7) is 0.909. The average molecular weight is 242 g/mol. The number of hydrogen-bond acceptors (Lipinski definition) is 3. The predicted octanol–water partition coefficient (Wildman–Crippen LogP) is 1.09. The Hall–Kier alpha value is -0.420. The summed E-state index contributed by atoms with van der Waals surface area (Å²) >= 11 is 2.03. The molecule has 2 fully saturated rings. The van der Waals surface area contributed by atoms with Crippen LogP contribution in [0.4, 0.5) is 0 Å². The standard InChI is InChI=1S/C11H22N4S/c12-15-11(14-10-3-1-2-4-10)13-7-9-5-6-16-8-9/h9-10H,1-8,12H2,(H2,13,14,15). The van der Waals surface area contributed by atoms with Crippen molar-refractivity contribution in [2.24, 2.45) is 16.8 Å². The second kappa shape index (κ2) is 6.35. The van der Waals surface area contributed by atoms with Gasteiger partial charge < -0.3 is 5.32 Å². The number of thioether (sulfide) groups is 1. The summed E-state index contributed by atoms with van der Waals surface area (Å²) in [7, 11) is 0. The molecular formula is C11H22N4S. The lowest BCUT2D eigenvalue weighted by Crippen LogP contribution is -2.45. The first-order chi connectivity index (χ1) is 7.88. The fourth-order valence-corrected chi connectivity index (χ4v) is 3.62. The van der Waals surface area contributed by atoms with E-state index in [-0.39, 0.29) is 0 Å². The first-order valence-electron chi connectivity index (χ1n) is 6.24. The van der Waals surface area contributed by atoms with Gasteiger partial charge in [-0.15, -0.1) is 0 Å². The summed E-state index contributed by atoms with van der Waals surface area (Å²) in [5.41, 5.74) is 2.68. The highest BCUT2D eigenvalue weighted by Gasteiger charge is 2.17. The SMILES string of the molecule is NNC(=NCC1CCSC1)NC1CCCC1. The Morgan fingerprint density at radius 2 is 2.12 bits per heavy atom. The molecule has 0 aromatic rings. The number of hydrazine groups is 1. The van der Waals surface area contributed by atoms with Crippen molar-refractivity contribution in [2.75, 3.05) is 18.1 Å². The monoisotopic (exact) mass is 242 g/mol. The Morgan fingerprint density at radius 1 is 1.31 bits per heavy atom. The van der Waals surface area contributed by atoms with E-state index in [2.05, 4.69) is 15.7 Å². The van der Waals surface area contributed by atoms with E-state index in [0.717, 1.165) is 18.4 Å². The summed E-state index contributed by atoms with van der Waals surface area (Å²) in [5.74, 6) is 9.57. The maximum atomic E-state index is 5.49. The Kier molecular flexibility index (Phi) is 4.78. The fourth-order valence-electron chi connectivity index (χ4n) is 2.34. The molecule has 1 unspecified atom stereocenters. The third kappa shape index (κ3) is 3.56. The van der Waals surface area contributed by atoms with E-state index >= 15 is 0 Å². The molecule has 0 aromatic heterocycles. The van der Waals surface area contributed by atoms with Crippen LogP contribution in [0, 0.1) is 5.92 Å². The van der Waals surface area contributed by atoms with Crippen molar-refractivity contribution < 1.29 is 0 Å². The molecule has 4 nitrogen and oxygen atoms in total. The molecule has 2 aliphatic rings. The normalized spacial score (nSPS) is 27.3. The first kappa shape index (κ1) is 12.0. The minimum Gasteiger partial charge on any atom is -0.353 e. The summed E-state index contributed by atoms with van der Waals surface area (Å²) < 4.78 is 0. The summed E-state index contributed by atoms with van der Waals surface area (Å²) in [6.07, 6.45) is 6.46. The number of aliphatic imine (C=N–C) groups is 1. The molecule has 1 aliphatic heterocycles. The van der Waals surface area contributed by atoms with Gasteiger partial charge in [-0.25, -0.2) is 5.84 Å². The second-order valence-corrected chi connectivity index (χ2v) is 5.84. The van der Waals surface area contributed by atoms with Gasteiger partial charge >= 0.3 is 0 Å². The highest BCUT2D eigenvalue weighted by molar-refractivity contribution is 7.99. The topological polar surface area (TPSA) is 62.4 Å². The molecule has 0 aromatic carbocycles. The number of nitrogens with zero attached hydrogens (tertiary/aromatic N) is 1. The molecule has 1 aliphatic carbocycles. The van der Waals surface area contributed by atoms with Crippen LogP contribution in [-0.2, 0) is 0 Å².